The molecule has 3 aromatic carbocycles. The SMILES string of the molecule is CN(C)c1ccc(/C=C/c2cccc(/C=C/c3ccc(N(C)C)cc3O)c2CC(F)(F)F)c(O)c1. The van der Waals surface area contributed by atoms with Crippen molar-refractivity contribution in [2.24, 2.45) is 0 Å². The molecule has 0 aliphatic heterocycles. The van der Waals surface area contributed by atoms with Gasteiger partial charge in [-0.3, -0.25) is 0 Å². The Bertz CT molecular complexity index is 1160. The number of rotatable bonds is 7. The topological polar surface area (TPSA) is 46.9 Å². The van der Waals surface area contributed by atoms with Gasteiger partial charge >= 0.3 is 6.18 Å². The molecule has 0 fully saturated rings. The van der Waals surface area contributed by atoms with Crippen molar-refractivity contribution in [1.29, 1.82) is 0 Å². The fourth-order valence-corrected chi connectivity index (χ4v) is 3.60. The van der Waals surface area contributed by atoms with Gasteiger partial charge in [-0.25, -0.2) is 0 Å². The summed E-state index contributed by atoms with van der Waals surface area (Å²) in [6, 6.07) is 15.2. The lowest BCUT2D eigenvalue weighted by atomic mass is 9.96. The van der Waals surface area contributed by atoms with E-state index < -0.39 is 12.6 Å². The lowest BCUT2D eigenvalue weighted by Gasteiger charge is -2.14. The molecule has 0 saturated carbocycles. The van der Waals surface area contributed by atoms with Crippen molar-refractivity contribution in [3.05, 3.63) is 82.4 Å². The number of hydrogen-bond donors (Lipinski definition) is 2. The van der Waals surface area contributed by atoms with Gasteiger partial charge in [-0.2, -0.15) is 13.2 Å². The molecular weight excluding hydrogens is 453 g/mol. The van der Waals surface area contributed by atoms with E-state index in [1.54, 1.807) is 66.8 Å². The third-order valence-corrected chi connectivity index (χ3v) is 5.57. The normalized spacial score (nSPS) is 12.0. The molecular formula is C28H29F3N2O2. The summed E-state index contributed by atoms with van der Waals surface area (Å²) in [4.78, 5) is 3.69. The predicted molar refractivity (Wildman–Crippen MR) is 139 cm³/mol. The van der Waals surface area contributed by atoms with Crippen molar-refractivity contribution in [2.45, 2.75) is 12.6 Å². The second-order valence-corrected chi connectivity index (χ2v) is 8.65. The Morgan fingerprint density at radius 1 is 0.657 bits per heavy atom. The number of anilines is 2. The van der Waals surface area contributed by atoms with Crippen molar-refractivity contribution in [2.75, 3.05) is 38.0 Å². The minimum atomic E-state index is -4.41. The van der Waals surface area contributed by atoms with Crippen LogP contribution in [-0.2, 0) is 6.42 Å². The Hall–Kier alpha value is -3.87. The van der Waals surface area contributed by atoms with Crippen LogP contribution in [0.5, 0.6) is 11.5 Å². The Morgan fingerprint density at radius 3 is 1.40 bits per heavy atom. The second-order valence-electron chi connectivity index (χ2n) is 8.65. The largest absolute Gasteiger partial charge is 0.507 e. The van der Waals surface area contributed by atoms with E-state index in [1.165, 1.54) is 0 Å². The van der Waals surface area contributed by atoms with Gasteiger partial charge in [0.05, 0.1) is 6.42 Å². The van der Waals surface area contributed by atoms with Crippen molar-refractivity contribution < 1.29 is 23.4 Å². The minimum Gasteiger partial charge on any atom is -0.507 e. The van der Waals surface area contributed by atoms with Crippen molar-refractivity contribution in [3.8, 4) is 11.5 Å². The van der Waals surface area contributed by atoms with Gasteiger partial charge < -0.3 is 20.0 Å². The van der Waals surface area contributed by atoms with E-state index in [-0.39, 0.29) is 17.1 Å². The summed E-state index contributed by atoms with van der Waals surface area (Å²) < 4.78 is 40.4. The van der Waals surface area contributed by atoms with Crippen LogP contribution in [0.4, 0.5) is 24.5 Å². The van der Waals surface area contributed by atoms with Gasteiger partial charge in [-0.15, -0.1) is 0 Å². The fourth-order valence-electron chi connectivity index (χ4n) is 3.60. The Morgan fingerprint density at radius 2 is 1.06 bits per heavy atom. The molecule has 0 aromatic heterocycles. The quantitative estimate of drug-likeness (QED) is 0.369. The Kier molecular flexibility index (Phi) is 7.79. The van der Waals surface area contributed by atoms with Gasteiger partial charge in [0.1, 0.15) is 11.5 Å². The van der Waals surface area contributed by atoms with Gasteiger partial charge in [0.25, 0.3) is 0 Å². The average Bonchev–Trinajstić information content (AvgIpc) is 2.77. The zero-order valence-electron chi connectivity index (χ0n) is 20.1. The molecule has 0 atom stereocenters. The first kappa shape index (κ1) is 25.7. The Balaban J connectivity index is 1.98. The first-order chi connectivity index (χ1) is 16.4. The van der Waals surface area contributed by atoms with Gasteiger partial charge in [-0.1, -0.05) is 42.5 Å². The molecule has 0 unspecified atom stereocenters. The molecule has 0 heterocycles. The third-order valence-electron chi connectivity index (χ3n) is 5.57. The maximum Gasteiger partial charge on any atom is 0.393 e. The summed E-state index contributed by atoms with van der Waals surface area (Å²) in [7, 11) is 7.40. The number of hydrogen-bond acceptors (Lipinski definition) is 4. The number of halogens is 3. The zero-order valence-corrected chi connectivity index (χ0v) is 20.1. The van der Waals surface area contributed by atoms with Crippen LogP contribution in [0.25, 0.3) is 24.3 Å². The first-order valence-corrected chi connectivity index (χ1v) is 11.0. The monoisotopic (exact) mass is 482 g/mol. The fraction of sp³-hybridized carbons (Fsp3) is 0.214. The minimum absolute atomic E-state index is 0.0394. The highest BCUT2D eigenvalue weighted by Crippen LogP contribution is 2.31. The van der Waals surface area contributed by atoms with Crippen molar-refractivity contribution >= 4 is 35.7 Å². The van der Waals surface area contributed by atoms with Crippen molar-refractivity contribution in [1.82, 2.24) is 0 Å². The standard InChI is InChI=1S/C28H29F3N2O2/c1-32(2)23-14-12-21(26(34)16-23)10-8-19-6-5-7-20(25(19)18-28(29,30)31)9-11-22-13-15-24(33(3)4)17-27(22)35/h5-17,34-35H,18H2,1-4H3/b10-8+,11-9+. The summed E-state index contributed by atoms with van der Waals surface area (Å²) in [5.74, 6) is 0.0787. The lowest BCUT2D eigenvalue weighted by molar-refractivity contribution is -0.127. The molecule has 0 spiro atoms. The predicted octanol–water partition coefficient (Wildman–Crippen LogP) is 6.68. The van der Waals surface area contributed by atoms with E-state index in [4.69, 9.17) is 0 Å². The molecule has 0 saturated heterocycles. The number of aromatic hydroxyl groups is 2. The van der Waals surface area contributed by atoms with Crippen molar-refractivity contribution in [3.63, 3.8) is 0 Å². The maximum absolute atomic E-state index is 13.5. The molecule has 0 amide bonds. The van der Waals surface area contributed by atoms with Crippen LogP contribution in [-0.4, -0.2) is 44.6 Å². The lowest BCUT2D eigenvalue weighted by Crippen LogP contribution is -2.13. The highest BCUT2D eigenvalue weighted by atomic mass is 19.4. The molecule has 0 aliphatic carbocycles. The summed E-state index contributed by atoms with van der Waals surface area (Å²) in [5, 5.41) is 20.6. The van der Waals surface area contributed by atoms with Crippen LogP contribution in [0.3, 0.4) is 0 Å². The van der Waals surface area contributed by atoms with E-state index in [2.05, 4.69) is 0 Å². The summed E-state index contributed by atoms with van der Waals surface area (Å²) in [6.45, 7) is 0. The molecule has 2 N–H and O–H groups in total. The van der Waals surface area contributed by atoms with Crippen LogP contribution in [0.15, 0.2) is 54.6 Å². The number of phenols is 2. The third kappa shape index (κ3) is 6.82. The molecule has 184 valence electrons. The smallest absolute Gasteiger partial charge is 0.393 e. The van der Waals surface area contributed by atoms with Gasteiger partial charge in [0, 0.05) is 62.8 Å². The molecule has 0 radical (unpaired) electrons. The molecule has 0 aliphatic rings. The van der Waals surface area contributed by atoms with E-state index in [1.807, 2.05) is 50.1 Å². The molecule has 3 aromatic rings. The van der Waals surface area contributed by atoms with Gasteiger partial charge in [0.15, 0.2) is 0 Å². The molecule has 0 bridgehead atoms. The van der Waals surface area contributed by atoms with Crippen LogP contribution < -0.4 is 9.80 Å². The molecule has 3 rings (SSSR count). The highest BCUT2D eigenvalue weighted by Gasteiger charge is 2.29. The van der Waals surface area contributed by atoms with Crippen LogP contribution in [0.1, 0.15) is 27.8 Å². The Labute approximate surface area is 203 Å². The van der Waals surface area contributed by atoms with Gasteiger partial charge in [-0.05, 0) is 41.0 Å². The van der Waals surface area contributed by atoms with Crippen LogP contribution in [0, 0.1) is 0 Å². The highest BCUT2D eigenvalue weighted by molar-refractivity contribution is 5.80. The first-order valence-electron chi connectivity index (χ1n) is 11.0. The molecule has 7 heteroatoms. The number of phenolic OH excluding ortho intramolecular Hbond substituents is 2. The van der Waals surface area contributed by atoms with E-state index in [9.17, 15) is 23.4 Å². The van der Waals surface area contributed by atoms with E-state index in [0.29, 0.717) is 22.3 Å². The molecule has 4 nitrogen and oxygen atoms in total. The zero-order chi connectivity index (χ0) is 25.8. The second kappa shape index (κ2) is 10.6. The number of benzene rings is 3. The summed E-state index contributed by atoms with van der Waals surface area (Å²) in [5.41, 5.74) is 3.53. The maximum atomic E-state index is 13.5. The van der Waals surface area contributed by atoms with Gasteiger partial charge in [0.2, 0.25) is 0 Å². The summed E-state index contributed by atoms with van der Waals surface area (Å²) >= 11 is 0. The number of nitrogens with zero attached hydrogens (tertiary/aromatic N) is 2. The molecule has 35 heavy (non-hydrogen) atoms. The van der Waals surface area contributed by atoms with E-state index >= 15 is 0 Å². The summed E-state index contributed by atoms with van der Waals surface area (Å²) in [6.07, 6.45) is 0.840. The number of alkyl halides is 3. The van der Waals surface area contributed by atoms with Crippen LogP contribution in [0.2, 0.25) is 0 Å². The van der Waals surface area contributed by atoms with E-state index in [0.717, 1.165) is 11.4 Å². The average molecular weight is 483 g/mol. The van der Waals surface area contributed by atoms with Crippen LogP contribution >= 0.6 is 0 Å².